The lowest BCUT2D eigenvalue weighted by Gasteiger charge is -2.39. The van der Waals surface area contributed by atoms with Crippen LogP contribution in [0.15, 0.2) is 47.5 Å². The third-order valence-electron chi connectivity index (χ3n) is 4.89. The molecule has 0 saturated carbocycles. The number of rotatable bonds is 1. The highest BCUT2D eigenvalue weighted by Crippen LogP contribution is 2.33. The van der Waals surface area contributed by atoms with Crippen LogP contribution in [0.3, 0.4) is 0 Å². The number of halogens is 1. The highest BCUT2D eigenvalue weighted by molar-refractivity contribution is 7.91. The van der Waals surface area contributed by atoms with Gasteiger partial charge >= 0.3 is 6.03 Å². The Kier molecular flexibility index (Phi) is 4.69. The summed E-state index contributed by atoms with van der Waals surface area (Å²) in [5.41, 5.74) is 0.405. The van der Waals surface area contributed by atoms with E-state index in [-0.39, 0.29) is 23.2 Å². The number of urea groups is 1. The lowest BCUT2D eigenvalue weighted by molar-refractivity contribution is 0.201. The maximum atomic E-state index is 13.0. The SMILES string of the molecule is O=C(N1CCN(c2ccccn2)CC1)N1CCS(=O)(=O)c2cc(Cl)ccc21. The van der Waals surface area contributed by atoms with E-state index in [9.17, 15) is 13.2 Å². The molecule has 0 unspecified atom stereocenters. The predicted octanol–water partition coefficient (Wildman–Crippen LogP) is 2.27. The van der Waals surface area contributed by atoms with Gasteiger partial charge in [0, 0.05) is 43.9 Å². The van der Waals surface area contributed by atoms with Crippen molar-refractivity contribution in [3.8, 4) is 0 Å². The van der Waals surface area contributed by atoms with Crippen LogP contribution in [-0.2, 0) is 9.84 Å². The molecule has 0 atom stereocenters. The van der Waals surface area contributed by atoms with Gasteiger partial charge in [0.05, 0.1) is 16.3 Å². The highest BCUT2D eigenvalue weighted by atomic mass is 35.5. The normalized spacial score (nSPS) is 18.9. The van der Waals surface area contributed by atoms with Crippen molar-refractivity contribution in [3.05, 3.63) is 47.6 Å². The summed E-state index contributed by atoms with van der Waals surface area (Å²) in [6, 6.07) is 10.2. The number of sulfone groups is 1. The van der Waals surface area contributed by atoms with Crippen LogP contribution >= 0.6 is 11.6 Å². The second-order valence-electron chi connectivity index (χ2n) is 6.53. The Morgan fingerprint density at radius 1 is 1.04 bits per heavy atom. The van der Waals surface area contributed by atoms with Crippen LogP contribution in [0.4, 0.5) is 16.3 Å². The van der Waals surface area contributed by atoms with Crippen LogP contribution in [0.5, 0.6) is 0 Å². The van der Waals surface area contributed by atoms with Crippen molar-refractivity contribution >= 4 is 39.0 Å². The topological polar surface area (TPSA) is 73.8 Å². The first kappa shape index (κ1) is 18.1. The van der Waals surface area contributed by atoms with Crippen LogP contribution in [0.25, 0.3) is 0 Å². The number of pyridine rings is 1. The first-order valence-electron chi connectivity index (χ1n) is 8.70. The van der Waals surface area contributed by atoms with Gasteiger partial charge in [0.25, 0.3) is 0 Å². The van der Waals surface area contributed by atoms with Gasteiger partial charge in [-0.25, -0.2) is 18.2 Å². The third-order valence-corrected chi connectivity index (χ3v) is 6.84. The monoisotopic (exact) mass is 406 g/mol. The summed E-state index contributed by atoms with van der Waals surface area (Å²) in [6.45, 7) is 2.63. The lowest BCUT2D eigenvalue weighted by atomic mass is 10.2. The molecule has 1 aromatic heterocycles. The molecule has 142 valence electrons. The zero-order valence-electron chi connectivity index (χ0n) is 14.6. The number of aromatic nitrogens is 1. The lowest BCUT2D eigenvalue weighted by Crippen LogP contribution is -2.54. The summed E-state index contributed by atoms with van der Waals surface area (Å²) in [6.07, 6.45) is 1.75. The second-order valence-corrected chi connectivity index (χ2v) is 9.04. The van der Waals surface area contributed by atoms with Gasteiger partial charge in [-0.15, -0.1) is 0 Å². The summed E-state index contributed by atoms with van der Waals surface area (Å²) >= 11 is 5.96. The van der Waals surface area contributed by atoms with Crippen molar-refractivity contribution in [1.82, 2.24) is 9.88 Å². The fourth-order valence-corrected chi connectivity index (χ4v) is 5.12. The molecule has 0 bridgehead atoms. The number of piperazine rings is 1. The van der Waals surface area contributed by atoms with Crippen molar-refractivity contribution < 1.29 is 13.2 Å². The Labute approximate surface area is 163 Å². The molecule has 1 aromatic carbocycles. The van der Waals surface area contributed by atoms with Crippen LogP contribution in [0.1, 0.15) is 0 Å². The van der Waals surface area contributed by atoms with Gasteiger partial charge in [0.15, 0.2) is 9.84 Å². The standard InChI is InChI=1S/C18H19ClN4O3S/c19-14-4-5-15-16(13-14)27(25,26)12-11-23(15)18(24)22-9-7-21(8-10-22)17-3-1-2-6-20-17/h1-6,13H,7-12H2. The van der Waals surface area contributed by atoms with Crippen LogP contribution in [-0.4, -0.2) is 62.8 Å². The number of carbonyl (C=O) groups excluding carboxylic acids is 1. The smallest absolute Gasteiger partial charge is 0.324 e. The van der Waals surface area contributed by atoms with E-state index in [4.69, 9.17) is 11.6 Å². The molecular formula is C18H19ClN4O3S. The van der Waals surface area contributed by atoms with Gasteiger partial charge in [-0.05, 0) is 30.3 Å². The Morgan fingerprint density at radius 3 is 2.52 bits per heavy atom. The molecule has 2 amide bonds. The van der Waals surface area contributed by atoms with E-state index in [0.717, 1.165) is 5.82 Å². The van der Waals surface area contributed by atoms with Gasteiger partial charge in [-0.3, -0.25) is 4.90 Å². The summed E-state index contributed by atoms with van der Waals surface area (Å²) in [5.74, 6) is 0.800. The number of amides is 2. The van der Waals surface area contributed by atoms with E-state index in [2.05, 4.69) is 9.88 Å². The molecule has 0 radical (unpaired) electrons. The molecule has 2 aliphatic heterocycles. The number of fused-ring (bicyclic) bond motifs is 1. The molecule has 2 aromatic rings. The van der Waals surface area contributed by atoms with Crippen LogP contribution in [0, 0.1) is 0 Å². The fraction of sp³-hybridized carbons (Fsp3) is 0.333. The average Bonchev–Trinajstić information content (AvgIpc) is 2.69. The number of carbonyl (C=O) groups is 1. The summed E-state index contributed by atoms with van der Waals surface area (Å²) < 4.78 is 24.7. The van der Waals surface area contributed by atoms with Crippen molar-refractivity contribution in [3.63, 3.8) is 0 Å². The number of hydrogen-bond acceptors (Lipinski definition) is 5. The van der Waals surface area contributed by atoms with Crippen molar-refractivity contribution in [2.24, 2.45) is 0 Å². The van der Waals surface area contributed by atoms with E-state index in [0.29, 0.717) is 36.9 Å². The number of anilines is 2. The Hall–Kier alpha value is -2.32. The maximum Gasteiger partial charge on any atom is 0.324 e. The highest BCUT2D eigenvalue weighted by Gasteiger charge is 2.34. The molecule has 4 rings (SSSR count). The number of benzene rings is 1. The maximum absolute atomic E-state index is 13.0. The minimum Gasteiger partial charge on any atom is -0.353 e. The molecule has 0 aliphatic carbocycles. The van der Waals surface area contributed by atoms with Crippen molar-refractivity contribution in [2.75, 3.05) is 48.3 Å². The molecule has 9 heteroatoms. The minimum absolute atomic E-state index is 0.0972. The molecule has 2 aliphatic rings. The average molecular weight is 407 g/mol. The zero-order chi connectivity index (χ0) is 19.0. The zero-order valence-corrected chi connectivity index (χ0v) is 16.2. The van der Waals surface area contributed by atoms with Gasteiger partial charge in [-0.2, -0.15) is 0 Å². The van der Waals surface area contributed by atoms with Crippen LogP contribution in [0.2, 0.25) is 5.02 Å². The Balaban J connectivity index is 1.51. The van der Waals surface area contributed by atoms with E-state index in [1.54, 1.807) is 28.1 Å². The Morgan fingerprint density at radius 2 is 1.81 bits per heavy atom. The van der Waals surface area contributed by atoms with E-state index >= 15 is 0 Å². The molecule has 3 heterocycles. The van der Waals surface area contributed by atoms with Crippen molar-refractivity contribution in [1.29, 1.82) is 0 Å². The summed E-state index contributed by atoms with van der Waals surface area (Å²) in [5, 5.41) is 0.343. The van der Waals surface area contributed by atoms with Gasteiger partial charge in [-0.1, -0.05) is 17.7 Å². The van der Waals surface area contributed by atoms with Gasteiger partial charge in [0.2, 0.25) is 0 Å². The Bertz CT molecular complexity index is 960. The molecule has 7 nitrogen and oxygen atoms in total. The largest absolute Gasteiger partial charge is 0.353 e. The van der Waals surface area contributed by atoms with E-state index < -0.39 is 9.84 Å². The molecule has 1 fully saturated rings. The fourth-order valence-electron chi connectivity index (χ4n) is 3.44. The van der Waals surface area contributed by atoms with Gasteiger partial charge in [0.1, 0.15) is 5.82 Å². The first-order valence-corrected chi connectivity index (χ1v) is 10.7. The third kappa shape index (κ3) is 3.46. The van der Waals surface area contributed by atoms with Gasteiger partial charge < -0.3 is 9.80 Å². The molecular weight excluding hydrogens is 388 g/mol. The van der Waals surface area contributed by atoms with E-state index in [1.807, 2.05) is 18.2 Å². The molecule has 0 N–H and O–H groups in total. The van der Waals surface area contributed by atoms with E-state index in [1.165, 1.54) is 6.07 Å². The summed E-state index contributed by atoms with van der Waals surface area (Å²) in [7, 11) is -3.42. The summed E-state index contributed by atoms with van der Waals surface area (Å²) in [4.78, 5) is 23.0. The van der Waals surface area contributed by atoms with Crippen LogP contribution < -0.4 is 9.80 Å². The molecule has 27 heavy (non-hydrogen) atoms. The first-order chi connectivity index (χ1) is 13.0. The number of hydrogen-bond donors (Lipinski definition) is 0. The molecule has 1 saturated heterocycles. The predicted molar refractivity (Wildman–Crippen MR) is 104 cm³/mol. The minimum atomic E-state index is -3.42. The quantitative estimate of drug-likeness (QED) is 0.726. The second kappa shape index (κ2) is 7.01. The molecule has 0 spiro atoms. The number of nitrogens with zero attached hydrogens (tertiary/aromatic N) is 4. The van der Waals surface area contributed by atoms with Crippen molar-refractivity contribution in [2.45, 2.75) is 4.90 Å².